The zero-order valence-corrected chi connectivity index (χ0v) is 8.99. The van der Waals surface area contributed by atoms with E-state index in [1.54, 1.807) is 0 Å². The van der Waals surface area contributed by atoms with E-state index in [9.17, 15) is 9.59 Å². The second kappa shape index (κ2) is 3.06. The van der Waals surface area contributed by atoms with Crippen molar-refractivity contribution >= 4 is 11.8 Å². The zero-order chi connectivity index (χ0) is 11.2. The summed E-state index contributed by atoms with van der Waals surface area (Å²) in [6.45, 7) is 4.34. The summed E-state index contributed by atoms with van der Waals surface area (Å²) >= 11 is 0. The molecule has 80 valence electrons. The number of unbranched alkanes of at least 4 members (excludes halogenated alkanes) is 1. The molecule has 1 aliphatic carbocycles. The lowest BCUT2D eigenvalue weighted by molar-refractivity contribution is -0.143. The lowest BCUT2D eigenvalue weighted by atomic mass is 10.1. The fraction of sp³-hybridized carbons (Fsp3) is 0.727. The van der Waals surface area contributed by atoms with Gasteiger partial charge in [-0.2, -0.15) is 5.26 Å². The Morgan fingerprint density at radius 3 is 2.33 bits per heavy atom. The molecule has 0 N–H and O–H groups in total. The smallest absolute Gasteiger partial charge is 0.233 e. The summed E-state index contributed by atoms with van der Waals surface area (Å²) in [5.74, 6) is -0.250. The SMILES string of the molecule is CC1(C)C2C(=O)N(CCCC#N)C(=O)C21. The van der Waals surface area contributed by atoms with E-state index in [1.165, 1.54) is 4.90 Å². The van der Waals surface area contributed by atoms with Crippen molar-refractivity contribution in [3.8, 4) is 6.07 Å². The van der Waals surface area contributed by atoms with Gasteiger partial charge >= 0.3 is 0 Å². The largest absolute Gasteiger partial charge is 0.282 e. The molecular formula is C11H14N2O2. The molecule has 0 aromatic heterocycles. The lowest BCUT2D eigenvalue weighted by Crippen LogP contribution is -2.36. The van der Waals surface area contributed by atoms with Crippen molar-refractivity contribution in [3.63, 3.8) is 0 Å². The minimum Gasteiger partial charge on any atom is -0.282 e. The number of carbonyl (C=O) groups is 2. The van der Waals surface area contributed by atoms with Crippen molar-refractivity contribution in [2.75, 3.05) is 6.54 Å². The van der Waals surface area contributed by atoms with E-state index in [0.717, 1.165) is 0 Å². The molecule has 0 aromatic rings. The summed E-state index contributed by atoms with van der Waals surface area (Å²) in [7, 11) is 0. The lowest BCUT2D eigenvalue weighted by Gasteiger charge is -2.19. The fourth-order valence-electron chi connectivity index (χ4n) is 2.54. The fourth-order valence-corrected chi connectivity index (χ4v) is 2.54. The number of piperidine rings is 1. The summed E-state index contributed by atoms with van der Waals surface area (Å²) in [6, 6.07) is 2.01. The van der Waals surface area contributed by atoms with Crippen molar-refractivity contribution in [1.82, 2.24) is 4.90 Å². The Labute approximate surface area is 88.9 Å². The second-order valence-electron chi connectivity index (χ2n) is 4.87. The van der Waals surface area contributed by atoms with Crippen LogP contribution in [0.2, 0.25) is 0 Å². The number of fused-ring (bicyclic) bond motifs is 1. The highest BCUT2D eigenvalue weighted by Crippen LogP contribution is 2.63. The Morgan fingerprint density at radius 2 is 1.87 bits per heavy atom. The molecular weight excluding hydrogens is 192 g/mol. The van der Waals surface area contributed by atoms with Gasteiger partial charge in [0.1, 0.15) is 0 Å². The van der Waals surface area contributed by atoms with Crippen LogP contribution in [0.25, 0.3) is 0 Å². The number of hydrogen-bond donors (Lipinski definition) is 0. The van der Waals surface area contributed by atoms with Crippen LogP contribution in [0, 0.1) is 28.6 Å². The summed E-state index contributed by atoms with van der Waals surface area (Å²) in [5.41, 5.74) is -0.125. The minimum atomic E-state index is -0.125. The van der Waals surface area contributed by atoms with Crippen LogP contribution in [-0.4, -0.2) is 23.3 Å². The molecule has 2 rings (SSSR count). The molecule has 0 radical (unpaired) electrons. The quantitative estimate of drug-likeness (QED) is 0.510. The van der Waals surface area contributed by atoms with Crippen LogP contribution < -0.4 is 0 Å². The van der Waals surface area contributed by atoms with E-state index in [0.29, 0.717) is 19.4 Å². The van der Waals surface area contributed by atoms with Gasteiger partial charge in [-0.15, -0.1) is 0 Å². The van der Waals surface area contributed by atoms with Crippen LogP contribution in [-0.2, 0) is 9.59 Å². The second-order valence-corrected chi connectivity index (χ2v) is 4.87. The summed E-state index contributed by atoms with van der Waals surface area (Å²) in [4.78, 5) is 24.9. The Hall–Kier alpha value is -1.37. The molecule has 1 saturated heterocycles. The summed E-state index contributed by atoms with van der Waals surface area (Å²) < 4.78 is 0. The van der Waals surface area contributed by atoms with Crippen LogP contribution in [0.3, 0.4) is 0 Å². The summed E-state index contributed by atoms with van der Waals surface area (Å²) in [5, 5.41) is 8.38. The molecule has 0 spiro atoms. The first-order chi connectivity index (χ1) is 7.01. The molecule has 4 nitrogen and oxygen atoms in total. The van der Waals surface area contributed by atoms with Gasteiger partial charge in [0, 0.05) is 13.0 Å². The Bertz CT molecular complexity index is 343. The first-order valence-electron chi connectivity index (χ1n) is 5.24. The normalized spacial score (nSPS) is 31.4. The van der Waals surface area contributed by atoms with E-state index in [4.69, 9.17) is 5.26 Å². The van der Waals surface area contributed by atoms with Gasteiger partial charge in [0.05, 0.1) is 17.9 Å². The highest BCUT2D eigenvalue weighted by atomic mass is 16.2. The molecule has 0 aromatic carbocycles. The number of imide groups is 1. The highest BCUT2D eigenvalue weighted by Gasteiger charge is 2.72. The van der Waals surface area contributed by atoms with Crippen LogP contribution >= 0.6 is 0 Å². The molecule has 1 heterocycles. The maximum absolute atomic E-state index is 11.8. The average Bonchev–Trinajstić information content (AvgIpc) is 2.63. The molecule has 2 fully saturated rings. The number of amides is 2. The van der Waals surface area contributed by atoms with E-state index in [2.05, 4.69) is 0 Å². The average molecular weight is 206 g/mol. The van der Waals surface area contributed by atoms with Crippen LogP contribution in [0.5, 0.6) is 0 Å². The van der Waals surface area contributed by atoms with Crippen molar-refractivity contribution < 1.29 is 9.59 Å². The van der Waals surface area contributed by atoms with E-state index in [1.807, 2.05) is 19.9 Å². The third kappa shape index (κ3) is 1.26. The first-order valence-corrected chi connectivity index (χ1v) is 5.24. The van der Waals surface area contributed by atoms with Gasteiger partial charge in [-0.25, -0.2) is 0 Å². The first kappa shape index (κ1) is 10.2. The van der Waals surface area contributed by atoms with Gasteiger partial charge in [-0.1, -0.05) is 13.8 Å². The number of nitriles is 1. The van der Waals surface area contributed by atoms with Gasteiger partial charge in [0.25, 0.3) is 0 Å². The maximum atomic E-state index is 11.8. The van der Waals surface area contributed by atoms with Gasteiger partial charge in [-0.3, -0.25) is 14.5 Å². The molecule has 15 heavy (non-hydrogen) atoms. The molecule has 2 aliphatic rings. The predicted molar refractivity (Wildman–Crippen MR) is 52.3 cm³/mol. The summed E-state index contributed by atoms with van der Waals surface area (Å²) in [6.07, 6.45) is 0.990. The zero-order valence-electron chi connectivity index (χ0n) is 8.99. The molecule has 1 saturated carbocycles. The highest BCUT2D eigenvalue weighted by molar-refractivity contribution is 6.10. The van der Waals surface area contributed by atoms with E-state index in [-0.39, 0.29) is 29.1 Å². The van der Waals surface area contributed by atoms with Gasteiger partial charge in [0.2, 0.25) is 11.8 Å². The van der Waals surface area contributed by atoms with Crippen LogP contribution in [0.4, 0.5) is 0 Å². The van der Waals surface area contributed by atoms with Crippen molar-refractivity contribution in [1.29, 1.82) is 5.26 Å². The molecule has 2 atom stereocenters. The number of likely N-dealkylation sites (tertiary alicyclic amines) is 1. The van der Waals surface area contributed by atoms with Crippen LogP contribution in [0.1, 0.15) is 26.7 Å². The Balaban J connectivity index is 1.99. The van der Waals surface area contributed by atoms with Crippen molar-refractivity contribution in [2.24, 2.45) is 17.3 Å². The molecule has 2 unspecified atom stereocenters. The maximum Gasteiger partial charge on any atom is 0.233 e. The molecule has 1 aliphatic heterocycles. The van der Waals surface area contributed by atoms with Gasteiger partial charge < -0.3 is 0 Å². The topological polar surface area (TPSA) is 61.2 Å². The van der Waals surface area contributed by atoms with Crippen molar-refractivity contribution in [2.45, 2.75) is 26.7 Å². The number of nitrogens with zero attached hydrogens (tertiary/aromatic N) is 2. The van der Waals surface area contributed by atoms with E-state index < -0.39 is 0 Å². The Morgan fingerprint density at radius 1 is 1.33 bits per heavy atom. The van der Waals surface area contributed by atoms with Crippen molar-refractivity contribution in [3.05, 3.63) is 0 Å². The third-order valence-corrected chi connectivity index (χ3v) is 3.56. The molecule has 0 bridgehead atoms. The number of hydrogen-bond acceptors (Lipinski definition) is 3. The van der Waals surface area contributed by atoms with Crippen LogP contribution in [0.15, 0.2) is 0 Å². The van der Waals surface area contributed by atoms with Gasteiger partial charge in [0.15, 0.2) is 0 Å². The van der Waals surface area contributed by atoms with E-state index >= 15 is 0 Å². The van der Waals surface area contributed by atoms with Gasteiger partial charge in [-0.05, 0) is 11.8 Å². The minimum absolute atomic E-state index is 0.0343. The standard InChI is InChI=1S/C11H14N2O2/c1-11(2)7-8(11)10(15)13(9(7)14)6-4-3-5-12/h7-8H,3-4,6H2,1-2H3. The molecule has 4 heteroatoms. The monoisotopic (exact) mass is 206 g/mol. The third-order valence-electron chi connectivity index (χ3n) is 3.56. The predicted octanol–water partition coefficient (Wildman–Crippen LogP) is 0.931. The number of rotatable bonds is 3. The number of carbonyl (C=O) groups excluding carboxylic acids is 2. The Kier molecular flexibility index (Phi) is 2.07. The molecule has 2 amide bonds.